The van der Waals surface area contributed by atoms with Crippen molar-refractivity contribution in [1.82, 2.24) is 19.5 Å². The molecule has 0 saturated carbocycles. The van der Waals surface area contributed by atoms with E-state index in [4.69, 9.17) is 9.72 Å². The Kier molecular flexibility index (Phi) is 3.91. The molecule has 0 radical (unpaired) electrons. The molecule has 6 heteroatoms. The zero-order valence-electron chi connectivity index (χ0n) is 15.7. The van der Waals surface area contributed by atoms with Crippen LogP contribution in [0.1, 0.15) is 26.5 Å². The SMILES string of the molecule is Cc1cc(-c2ccc3c4cnccc4n(C(=O)OC(C)(C)C)c3n2)ccn1. The third-order valence-corrected chi connectivity index (χ3v) is 4.18. The predicted molar refractivity (Wildman–Crippen MR) is 105 cm³/mol. The maximum Gasteiger partial charge on any atom is 0.420 e. The smallest absolute Gasteiger partial charge is 0.420 e. The average molecular weight is 360 g/mol. The molecule has 4 aromatic heterocycles. The van der Waals surface area contributed by atoms with Crippen LogP contribution in [0, 0.1) is 6.92 Å². The Bertz CT molecular complexity index is 1170. The van der Waals surface area contributed by atoms with Crippen LogP contribution < -0.4 is 0 Å². The van der Waals surface area contributed by atoms with E-state index in [-0.39, 0.29) is 0 Å². The molecule has 6 nitrogen and oxygen atoms in total. The molecule has 0 atom stereocenters. The molecule has 0 fully saturated rings. The highest BCUT2D eigenvalue weighted by Crippen LogP contribution is 2.30. The molecule has 0 amide bonds. The number of aryl methyl sites for hydroxylation is 1. The average Bonchev–Trinajstić information content (AvgIpc) is 2.94. The molecule has 0 aliphatic carbocycles. The van der Waals surface area contributed by atoms with Crippen LogP contribution in [-0.2, 0) is 4.74 Å². The van der Waals surface area contributed by atoms with E-state index in [1.165, 1.54) is 4.57 Å². The Hall–Kier alpha value is -3.28. The van der Waals surface area contributed by atoms with Crippen molar-refractivity contribution in [3.8, 4) is 11.3 Å². The van der Waals surface area contributed by atoms with Crippen molar-refractivity contribution in [3.63, 3.8) is 0 Å². The van der Waals surface area contributed by atoms with E-state index in [1.807, 2.05) is 52.0 Å². The van der Waals surface area contributed by atoms with E-state index in [0.29, 0.717) is 5.65 Å². The number of ether oxygens (including phenoxy) is 1. The number of carbonyl (C=O) groups is 1. The third kappa shape index (κ3) is 3.14. The van der Waals surface area contributed by atoms with Crippen molar-refractivity contribution in [2.24, 2.45) is 0 Å². The first-order valence-corrected chi connectivity index (χ1v) is 8.75. The van der Waals surface area contributed by atoms with Gasteiger partial charge in [0.05, 0.1) is 11.2 Å². The molecule has 0 bridgehead atoms. The molecule has 4 aromatic rings. The fraction of sp³-hybridized carbons (Fsp3) is 0.238. The summed E-state index contributed by atoms with van der Waals surface area (Å²) in [5.74, 6) is 0. The fourth-order valence-electron chi connectivity index (χ4n) is 3.09. The number of rotatable bonds is 1. The second-order valence-corrected chi connectivity index (χ2v) is 7.46. The molecular formula is C21H20N4O2. The summed E-state index contributed by atoms with van der Waals surface area (Å²) >= 11 is 0. The highest BCUT2D eigenvalue weighted by Gasteiger charge is 2.23. The summed E-state index contributed by atoms with van der Waals surface area (Å²) in [5, 5.41) is 1.72. The van der Waals surface area contributed by atoms with Crippen LogP contribution in [0.15, 0.2) is 48.9 Å². The Morgan fingerprint density at radius 2 is 1.89 bits per heavy atom. The van der Waals surface area contributed by atoms with E-state index in [0.717, 1.165) is 33.2 Å². The van der Waals surface area contributed by atoms with Gasteiger partial charge in [0.2, 0.25) is 0 Å². The standard InChI is InChI=1S/C21H20N4O2/c1-13-11-14(7-10-23-13)17-6-5-15-16-12-22-9-8-18(16)25(19(15)24-17)20(26)27-21(2,3)4/h5-12H,1-4H3. The van der Waals surface area contributed by atoms with Gasteiger partial charge in [-0.05, 0) is 58.0 Å². The second kappa shape index (κ2) is 6.16. The molecule has 0 N–H and O–H groups in total. The molecule has 0 aromatic carbocycles. The summed E-state index contributed by atoms with van der Waals surface area (Å²) in [6.45, 7) is 7.47. The monoisotopic (exact) mass is 360 g/mol. The molecule has 4 rings (SSSR count). The lowest BCUT2D eigenvalue weighted by Crippen LogP contribution is -2.27. The highest BCUT2D eigenvalue weighted by molar-refractivity contribution is 6.11. The number of hydrogen-bond donors (Lipinski definition) is 0. The van der Waals surface area contributed by atoms with Crippen molar-refractivity contribution in [2.75, 3.05) is 0 Å². The van der Waals surface area contributed by atoms with Crippen molar-refractivity contribution < 1.29 is 9.53 Å². The Morgan fingerprint density at radius 1 is 1.07 bits per heavy atom. The lowest BCUT2D eigenvalue weighted by molar-refractivity contribution is 0.0550. The first-order chi connectivity index (χ1) is 12.8. The Morgan fingerprint density at radius 3 is 2.63 bits per heavy atom. The minimum atomic E-state index is -0.604. The van der Waals surface area contributed by atoms with Crippen molar-refractivity contribution in [2.45, 2.75) is 33.3 Å². The van der Waals surface area contributed by atoms with Gasteiger partial charge in [0.25, 0.3) is 0 Å². The van der Waals surface area contributed by atoms with Gasteiger partial charge in [-0.3, -0.25) is 9.97 Å². The first kappa shape index (κ1) is 17.1. The molecule has 0 saturated heterocycles. The van der Waals surface area contributed by atoms with Crippen molar-refractivity contribution in [3.05, 3.63) is 54.6 Å². The van der Waals surface area contributed by atoms with Crippen LogP contribution in [0.2, 0.25) is 0 Å². The summed E-state index contributed by atoms with van der Waals surface area (Å²) in [7, 11) is 0. The lowest BCUT2D eigenvalue weighted by Gasteiger charge is -2.20. The number of hydrogen-bond acceptors (Lipinski definition) is 5. The van der Waals surface area contributed by atoms with Gasteiger partial charge in [-0.15, -0.1) is 0 Å². The van der Waals surface area contributed by atoms with E-state index in [2.05, 4.69) is 9.97 Å². The van der Waals surface area contributed by atoms with Crippen LogP contribution >= 0.6 is 0 Å². The van der Waals surface area contributed by atoms with Gasteiger partial charge < -0.3 is 4.74 Å². The lowest BCUT2D eigenvalue weighted by atomic mass is 10.1. The number of nitrogens with zero attached hydrogens (tertiary/aromatic N) is 4. The van der Waals surface area contributed by atoms with E-state index < -0.39 is 11.7 Å². The number of pyridine rings is 3. The van der Waals surface area contributed by atoms with E-state index in [9.17, 15) is 4.79 Å². The first-order valence-electron chi connectivity index (χ1n) is 8.75. The molecule has 0 aliphatic rings. The van der Waals surface area contributed by atoms with E-state index in [1.54, 1.807) is 24.7 Å². The minimum Gasteiger partial charge on any atom is -0.443 e. The van der Waals surface area contributed by atoms with Gasteiger partial charge in [-0.1, -0.05) is 0 Å². The van der Waals surface area contributed by atoms with Gasteiger partial charge in [-0.25, -0.2) is 14.3 Å². The Labute approximate surface area is 156 Å². The molecule has 136 valence electrons. The molecule has 4 heterocycles. The maximum atomic E-state index is 12.9. The summed E-state index contributed by atoms with van der Waals surface area (Å²) in [4.78, 5) is 26.1. The summed E-state index contributed by atoms with van der Waals surface area (Å²) in [5.41, 5.74) is 3.31. The zero-order chi connectivity index (χ0) is 19.2. The molecule has 0 spiro atoms. The van der Waals surface area contributed by atoms with Crippen molar-refractivity contribution >= 4 is 28.0 Å². The minimum absolute atomic E-state index is 0.454. The summed E-state index contributed by atoms with van der Waals surface area (Å²) < 4.78 is 7.14. The number of carbonyl (C=O) groups excluding carboxylic acids is 1. The van der Waals surface area contributed by atoms with Gasteiger partial charge in [0.1, 0.15) is 5.60 Å². The Balaban J connectivity index is 1.98. The van der Waals surface area contributed by atoms with E-state index >= 15 is 0 Å². The number of fused-ring (bicyclic) bond motifs is 3. The van der Waals surface area contributed by atoms with Gasteiger partial charge in [-0.2, -0.15) is 0 Å². The second-order valence-electron chi connectivity index (χ2n) is 7.46. The van der Waals surface area contributed by atoms with Crippen LogP contribution in [0.25, 0.3) is 33.2 Å². The highest BCUT2D eigenvalue weighted by atomic mass is 16.6. The zero-order valence-corrected chi connectivity index (χ0v) is 15.7. The number of aromatic nitrogens is 4. The van der Waals surface area contributed by atoms with Gasteiger partial charge >= 0.3 is 6.09 Å². The van der Waals surface area contributed by atoms with Gasteiger partial charge in [0.15, 0.2) is 5.65 Å². The summed E-state index contributed by atoms with van der Waals surface area (Å²) in [6, 6.07) is 9.60. The topological polar surface area (TPSA) is 69.9 Å². The van der Waals surface area contributed by atoms with Crippen LogP contribution in [0.3, 0.4) is 0 Å². The van der Waals surface area contributed by atoms with Crippen LogP contribution in [0.4, 0.5) is 4.79 Å². The largest absolute Gasteiger partial charge is 0.443 e. The molecule has 27 heavy (non-hydrogen) atoms. The van der Waals surface area contributed by atoms with Crippen LogP contribution in [-0.4, -0.2) is 31.2 Å². The maximum absolute atomic E-state index is 12.9. The molecule has 0 aliphatic heterocycles. The van der Waals surface area contributed by atoms with Crippen LogP contribution in [0.5, 0.6) is 0 Å². The molecular weight excluding hydrogens is 340 g/mol. The quantitative estimate of drug-likeness (QED) is 0.490. The fourth-order valence-corrected chi connectivity index (χ4v) is 3.09. The van der Waals surface area contributed by atoms with Gasteiger partial charge in [0, 0.05) is 40.6 Å². The normalized spacial score (nSPS) is 11.9. The predicted octanol–water partition coefficient (Wildman–Crippen LogP) is 4.74. The van der Waals surface area contributed by atoms with Crippen molar-refractivity contribution in [1.29, 1.82) is 0 Å². The third-order valence-electron chi connectivity index (χ3n) is 4.18. The molecule has 0 unspecified atom stereocenters. The summed E-state index contributed by atoms with van der Waals surface area (Å²) in [6.07, 6.45) is 4.71.